The number of ether oxygens (including phenoxy) is 1. The maximum Gasteiger partial charge on any atom is 0.409 e. The molecular formula is C8H15N3O2. The highest BCUT2D eigenvalue weighted by molar-refractivity contribution is 5.69. The Morgan fingerprint density at radius 3 is 3.08 bits per heavy atom. The maximum atomic E-state index is 11.1. The normalized spacial score (nSPS) is 29.1. The zero-order valence-corrected chi connectivity index (χ0v) is 7.58. The SMILES string of the molecule is O=C1OCCN1CC1CNCCN1. The van der Waals surface area contributed by atoms with Crippen molar-refractivity contribution in [3.63, 3.8) is 0 Å². The molecule has 0 aromatic carbocycles. The topological polar surface area (TPSA) is 53.6 Å². The molecule has 0 aromatic heterocycles. The van der Waals surface area contributed by atoms with Gasteiger partial charge < -0.3 is 20.3 Å². The van der Waals surface area contributed by atoms with E-state index in [1.807, 2.05) is 0 Å². The van der Waals surface area contributed by atoms with Crippen LogP contribution in [-0.4, -0.2) is 56.4 Å². The lowest BCUT2D eigenvalue weighted by atomic mass is 10.2. The van der Waals surface area contributed by atoms with Gasteiger partial charge in [0.15, 0.2) is 0 Å². The van der Waals surface area contributed by atoms with Crippen LogP contribution >= 0.6 is 0 Å². The van der Waals surface area contributed by atoms with E-state index >= 15 is 0 Å². The van der Waals surface area contributed by atoms with Crippen molar-refractivity contribution >= 4 is 6.09 Å². The third-order valence-electron chi connectivity index (χ3n) is 2.41. The van der Waals surface area contributed by atoms with Gasteiger partial charge in [-0.15, -0.1) is 0 Å². The van der Waals surface area contributed by atoms with Crippen LogP contribution in [0.3, 0.4) is 0 Å². The van der Waals surface area contributed by atoms with Crippen molar-refractivity contribution in [1.82, 2.24) is 15.5 Å². The fourth-order valence-electron chi connectivity index (χ4n) is 1.70. The number of piperazine rings is 1. The molecule has 1 amide bonds. The van der Waals surface area contributed by atoms with Gasteiger partial charge in [0, 0.05) is 32.2 Å². The molecule has 2 N–H and O–H groups in total. The van der Waals surface area contributed by atoms with Gasteiger partial charge in [0.2, 0.25) is 0 Å². The van der Waals surface area contributed by atoms with Crippen molar-refractivity contribution in [1.29, 1.82) is 0 Å². The molecule has 2 fully saturated rings. The molecule has 2 aliphatic heterocycles. The number of nitrogens with zero attached hydrogens (tertiary/aromatic N) is 1. The van der Waals surface area contributed by atoms with E-state index in [1.165, 1.54) is 0 Å². The summed E-state index contributed by atoms with van der Waals surface area (Å²) in [5, 5.41) is 6.64. The fourth-order valence-corrected chi connectivity index (χ4v) is 1.70. The molecule has 0 radical (unpaired) electrons. The molecular weight excluding hydrogens is 170 g/mol. The van der Waals surface area contributed by atoms with Crippen molar-refractivity contribution in [2.24, 2.45) is 0 Å². The summed E-state index contributed by atoms with van der Waals surface area (Å²) in [5.41, 5.74) is 0. The lowest BCUT2D eigenvalue weighted by Gasteiger charge is -2.27. The molecule has 2 aliphatic rings. The average Bonchev–Trinajstić information content (AvgIpc) is 2.54. The molecule has 0 spiro atoms. The standard InChI is InChI=1S/C8H15N3O2/c12-8-11(3-4-13-8)6-7-5-9-1-2-10-7/h7,9-10H,1-6H2. The van der Waals surface area contributed by atoms with Gasteiger partial charge in [0.25, 0.3) is 0 Å². The molecule has 1 unspecified atom stereocenters. The van der Waals surface area contributed by atoms with Crippen molar-refractivity contribution in [2.45, 2.75) is 6.04 Å². The highest BCUT2D eigenvalue weighted by Gasteiger charge is 2.25. The number of hydrogen-bond donors (Lipinski definition) is 2. The number of carbonyl (C=O) groups is 1. The Morgan fingerprint density at radius 1 is 1.54 bits per heavy atom. The first-order valence-electron chi connectivity index (χ1n) is 4.72. The van der Waals surface area contributed by atoms with Crippen LogP contribution in [0.1, 0.15) is 0 Å². The second-order valence-electron chi connectivity index (χ2n) is 3.42. The van der Waals surface area contributed by atoms with Gasteiger partial charge in [-0.25, -0.2) is 4.79 Å². The number of carbonyl (C=O) groups excluding carboxylic acids is 1. The van der Waals surface area contributed by atoms with Gasteiger partial charge in [0.1, 0.15) is 6.61 Å². The molecule has 2 saturated heterocycles. The summed E-state index contributed by atoms with van der Waals surface area (Å²) >= 11 is 0. The van der Waals surface area contributed by atoms with Crippen LogP contribution in [0.15, 0.2) is 0 Å². The summed E-state index contributed by atoms with van der Waals surface area (Å²) < 4.78 is 4.85. The van der Waals surface area contributed by atoms with Crippen LogP contribution in [0, 0.1) is 0 Å². The molecule has 1 atom stereocenters. The van der Waals surface area contributed by atoms with Crippen LogP contribution < -0.4 is 10.6 Å². The largest absolute Gasteiger partial charge is 0.448 e. The van der Waals surface area contributed by atoms with E-state index in [-0.39, 0.29) is 6.09 Å². The Morgan fingerprint density at radius 2 is 2.46 bits per heavy atom. The van der Waals surface area contributed by atoms with Gasteiger partial charge >= 0.3 is 6.09 Å². The number of rotatable bonds is 2. The molecule has 2 heterocycles. The third kappa shape index (κ3) is 2.10. The zero-order chi connectivity index (χ0) is 9.10. The van der Waals surface area contributed by atoms with Crippen LogP contribution in [0.25, 0.3) is 0 Å². The van der Waals surface area contributed by atoms with E-state index in [0.717, 1.165) is 32.7 Å². The molecule has 2 rings (SSSR count). The molecule has 0 saturated carbocycles. The Hall–Kier alpha value is -0.810. The molecule has 0 aromatic rings. The first kappa shape index (κ1) is 8.77. The molecule has 13 heavy (non-hydrogen) atoms. The minimum absolute atomic E-state index is 0.174. The van der Waals surface area contributed by atoms with Crippen molar-refractivity contribution in [2.75, 3.05) is 39.3 Å². The lowest BCUT2D eigenvalue weighted by molar-refractivity contribution is 0.155. The summed E-state index contributed by atoms with van der Waals surface area (Å²) in [6, 6.07) is 0.374. The predicted octanol–water partition coefficient (Wildman–Crippen LogP) is -1.000. The van der Waals surface area contributed by atoms with Crippen LogP contribution in [0.2, 0.25) is 0 Å². The fraction of sp³-hybridized carbons (Fsp3) is 0.875. The first-order valence-corrected chi connectivity index (χ1v) is 4.72. The Bertz CT molecular complexity index is 192. The van der Waals surface area contributed by atoms with E-state index in [0.29, 0.717) is 12.6 Å². The predicted molar refractivity (Wildman–Crippen MR) is 47.6 cm³/mol. The van der Waals surface area contributed by atoms with E-state index in [9.17, 15) is 4.79 Å². The van der Waals surface area contributed by atoms with Crippen molar-refractivity contribution in [3.05, 3.63) is 0 Å². The molecule has 5 nitrogen and oxygen atoms in total. The number of amides is 1. The smallest absolute Gasteiger partial charge is 0.409 e. The van der Waals surface area contributed by atoms with Gasteiger partial charge in [-0.1, -0.05) is 0 Å². The van der Waals surface area contributed by atoms with Crippen molar-refractivity contribution in [3.8, 4) is 0 Å². The lowest BCUT2D eigenvalue weighted by Crippen LogP contribution is -2.53. The minimum atomic E-state index is -0.174. The summed E-state index contributed by atoms with van der Waals surface area (Å²) in [5.74, 6) is 0. The summed E-state index contributed by atoms with van der Waals surface area (Å²) in [6.45, 7) is 4.96. The van der Waals surface area contributed by atoms with Crippen molar-refractivity contribution < 1.29 is 9.53 Å². The highest BCUT2D eigenvalue weighted by Crippen LogP contribution is 2.04. The van der Waals surface area contributed by atoms with Gasteiger partial charge in [-0.3, -0.25) is 0 Å². The van der Waals surface area contributed by atoms with E-state index in [4.69, 9.17) is 4.74 Å². The first-order chi connectivity index (χ1) is 6.36. The molecule has 74 valence electrons. The zero-order valence-electron chi connectivity index (χ0n) is 7.58. The third-order valence-corrected chi connectivity index (χ3v) is 2.41. The van der Waals surface area contributed by atoms with E-state index in [1.54, 1.807) is 4.90 Å². The second kappa shape index (κ2) is 3.93. The van der Waals surface area contributed by atoms with Crippen LogP contribution in [-0.2, 0) is 4.74 Å². The summed E-state index contributed by atoms with van der Waals surface area (Å²) in [6.07, 6.45) is -0.174. The molecule has 0 aliphatic carbocycles. The Balaban J connectivity index is 1.79. The number of nitrogens with one attached hydrogen (secondary N) is 2. The average molecular weight is 185 g/mol. The quantitative estimate of drug-likeness (QED) is 0.579. The van der Waals surface area contributed by atoms with Crippen LogP contribution in [0.5, 0.6) is 0 Å². The number of cyclic esters (lactones) is 1. The minimum Gasteiger partial charge on any atom is -0.448 e. The number of hydrogen-bond acceptors (Lipinski definition) is 4. The van der Waals surface area contributed by atoms with Gasteiger partial charge in [0.05, 0.1) is 6.54 Å². The van der Waals surface area contributed by atoms with Gasteiger partial charge in [-0.2, -0.15) is 0 Å². The summed E-state index contributed by atoms with van der Waals surface area (Å²) in [4.78, 5) is 12.9. The Kier molecular flexibility index (Phi) is 2.65. The van der Waals surface area contributed by atoms with Gasteiger partial charge in [-0.05, 0) is 0 Å². The second-order valence-corrected chi connectivity index (χ2v) is 3.42. The monoisotopic (exact) mass is 185 g/mol. The van der Waals surface area contributed by atoms with Crippen LogP contribution in [0.4, 0.5) is 4.79 Å². The molecule has 5 heteroatoms. The highest BCUT2D eigenvalue weighted by atomic mass is 16.6. The van der Waals surface area contributed by atoms with E-state index in [2.05, 4.69) is 10.6 Å². The Labute approximate surface area is 77.4 Å². The molecule has 0 bridgehead atoms. The summed E-state index contributed by atoms with van der Waals surface area (Å²) in [7, 11) is 0. The van der Waals surface area contributed by atoms with E-state index < -0.39 is 0 Å². The maximum absolute atomic E-state index is 11.1.